The highest BCUT2D eigenvalue weighted by atomic mass is 16.5. The van der Waals surface area contributed by atoms with Crippen molar-refractivity contribution < 1.29 is 9.84 Å². The number of aryl methyl sites for hydroxylation is 1. The molecule has 0 aliphatic rings. The van der Waals surface area contributed by atoms with E-state index in [0.29, 0.717) is 19.2 Å². The van der Waals surface area contributed by atoms with E-state index in [-0.39, 0.29) is 0 Å². The maximum Gasteiger partial charge on any atom is 0.124 e. The van der Waals surface area contributed by atoms with Crippen molar-refractivity contribution in [1.29, 1.82) is 0 Å². The highest BCUT2D eigenvalue weighted by Gasteiger charge is 2.11. The van der Waals surface area contributed by atoms with Crippen LogP contribution in [0.15, 0.2) is 18.3 Å². The van der Waals surface area contributed by atoms with Gasteiger partial charge in [-0.2, -0.15) is 0 Å². The second kappa shape index (κ2) is 8.02. The van der Waals surface area contributed by atoms with Crippen LogP contribution in [0.25, 0.3) is 5.76 Å². The van der Waals surface area contributed by atoms with E-state index in [1.165, 1.54) is 0 Å². The van der Waals surface area contributed by atoms with Crippen molar-refractivity contribution >= 4 is 5.76 Å². The average Bonchev–Trinajstić information content (AvgIpc) is 2.85. The van der Waals surface area contributed by atoms with Crippen molar-refractivity contribution in [1.82, 2.24) is 10.3 Å². The quantitative estimate of drug-likeness (QED) is 0.633. The number of hydrogen-bond acceptors (Lipinski definition) is 3. The Morgan fingerprint density at radius 1 is 1.53 bits per heavy atom. The molecule has 1 aromatic heterocycles. The zero-order chi connectivity index (χ0) is 14.3. The third-order valence-electron chi connectivity index (χ3n) is 2.91. The second-order valence-corrected chi connectivity index (χ2v) is 4.90. The van der Waals surface area contributed by atoms with E-state index in [2.05, 4.69) is 31.1 Å². The molecule has 4 nitrogen and oxygen atoms in total. The Morgan fingerprint density at radius 3 is 2.84 bits per heavy atom. The molecule has 1 aromatic rings. The molecular weight excluding hydrogens is 240 g/mol. The van der Waals surface area contributed by atoms with Crippen molar-refractivity contribution in [2.75, 3.05) is 13.2 Å². The van der Waals surface area contributed by atoms with Crippen LogP contribution in [-0.4, -0.2) is 35.4 Å². The summed E-state index contributed by atoms with van der Waals surface area (Å²) in [4.78, 5) is 3.20. The van der Waals surface area contributed by atoms with Crippen LogP contribution in [0.3, 0.4) is 0 Å². The first kappa shape index (κ1) is 15.8. The molecule has 19 heavy (non-hydrogen) atoms. The summed E-state index contributed by atoms with van der Waals surface area (Å²) in [6.07, 6.45) is 4.28. The Labute approximate surface area is 115 Å². The lowest BCUT2D eigenvalue weighted by atomic mass is 10.1. The maximum atomic E-state index is 9.84. The lowest BCUT2D eigenvalue weighted by molar-refractivity contribution is 0.0911. The molecule has 108 valence electrons. The molecule has 4 heteroatoms. The lowest BCUT2D eigenvalue weighted by Crippen LogP contribution is -2.34. The van der Waals surface area contributed by atoms with E-state index in [1.54, 1.807) is 0 Å². The molecule has 0 spiro atoms. The summed E-state index contributed by atoms with van der Waals surface area (Å²) in [5.74, 6) is 0.821. The van der Waals surface area contributed by atoms with Gasteiger partial charge in [-0.25, -0.2) is 0 Å². The number of hydrogen-bond donors (Lipinski definition) is 3. The zero-order valence-corrected chi connectivity index (χ0v) is 12.4. The Kier molecular flexibility index (Phi) is 6.67. The predicted molar refractivity (Wildman–Crippen MR) is 78.9 cm³/mol. The summed E-state index contributed by atoms with van der Waals surface area (Å²) in [6, 6.07) is 2.37. The second-order valence-electron chi connectivity index (χ2n) is 4.90. The normalized spacial score (nSPS) is 13.9. The number of aromatic nitrogens is 1. The number of aliphatic hydroxyl groups is 1. The molecule has 1 unspecified atom stereocenters. The lowest BCUT2D eigenvalue weighted by Gasteiger charge is -2.16. The molecule has 1 atom stereocenters. The van der Waals surface area contributed by atoms with Gasteiger partial charge in [-0.1, -0.05) is 20.8 Å². The number of H-pyrrole nitrogens is 1. The van der Waals surface area contributed by atoms with E-state index >= 15 is 0 Å². The highest BCUT2D eigenvalue weighted by Crippen LogP contribution is 2.20. The Bertz CT molecular complexity index is 397. The molecule has 1 heterocycles. The Hall–Kier alpha value is -1.26. The largest absolute Gasteiger partial charge is 0.490 e. The van der Waals surface area contributed by atoms with Gasteiger partial charge in [0.15, 0.2) is 0 Å². The first-order valence-electron chi connectivity index (χ1n) is 6.95. The van der Waals surface area contributed by atoms with E-state index < -0.39 is 6.10 Å². The molecule has 0 saturated carbocycles. The number of nitrogens with one attached hydrogen (secondary N) is 2. The third kappa shape index (κ3) is 5.09. The summed E-state index contributed by atoms with van der Waals surface area (Å²) >= 11 is 0. The third-order valence-corrected chi connectivity index (χ3v) is 2.91. The van der Waals surface area contributed by atoms with Crippen LogP contribution in [-0.2, 0) is 11.2 Å². The van der Waals surface area contributed by atoms with Gasteiger partial charge in [0, 0.05) is 30.0 Å². The fourth-order valence-corrected chi connectivity index (χ4v) is 1.86. The van der Waals surface area contributed by atoms with Crippen LogP contribution in [0.2, 0.25) is 0 Å². The van der Waals surface area contributed by atoms with Crippen LogP contribution >= 0.6 is 0 Å². The predicted octanol–water partition coefficient (Wildman–Crippen LogP) is 2.31. The highest BCUT2D eigenvalue weighted by molar-refractivity contribution is 5.61. The van der Waals surface area contributed by atoms with Crippen molar-refractivity contribution in [2.24, 2.45) is 0 Å². The van der Waals surface area contributed by atoms with Crippen LogP contribution in [0.1, 0.15) is 39.0 Å². The Morgan fingerprint density at radius 2 is 2.26 bits per heavy atom. The maximum absolute atomic E-state index is 9.84. The van der Waals surface area contributed by atoms with Crippen LogP contribution in [0.4, 0.5) is 0 Å². The summed E-state index contributed by atoms with van der Waals surface area (Å²) in [6.45, 7) is 9.00. The van der Waals surface area contributed by atoms with Gasteiger partial charge in [-0.3, -0.25) is 0 Å². The first-order valence-corrected chi connectivity index (χ1v) is 6.95. The SMILES string of the molecule is C/C=C(/OCC(O)CNC(C)C)c1cc[nH]c1CC. The van der Waals surface area contributed by atoms with Crippen LogP contribution in [0.5, 0.6) is 0 Å². The van der Waals surface area contributed by atoms with Crippen molar-refractivity contribution in [3.63, 3.8) is 0 Å². The minimum atomic E-state index is -0.499. The molecule has 0 fully saturated rings. The number of allylic oxidation sites excluding steroid dienone is 1. The molecule has 0 amide bonds. The van der Waals surface area contributed by atoms with Gasteiger partial charge >= 0.3 is 0 Å². The van der Waals surface area contributed by atoms with Gasteiger partial charge < -0.3 is 20.1 Å². The van der Waals surface area contributed by atoms with Crippen molar-refractivity contribution in [3.05, 3.63) is 29.6 Å². The fraction of sp³-hybridized carbons (Fsp3) is 0.600. The van der Waals surface area contributed by atoms with Gasteiger partial charge in [-0.05, 0) is 25.5 Å². The van der Waals surface area contributed by atoms with Gasteiger partial charge in [0.2, 0.25) is 0 Å². The van der Waals surface area contributed by atoms with Gasteiger partial charge in [0.05, 0.1) is 0 Å². The average molecular weight is 266 g/mol. The van der Waals surface area contributed by atoms with Gasteiger partial charge in [-0.15, -0.1) is 0 Å². The van der Waals surface area contributed by atoms with Crippen LogP contribution in [0, 0.1) is 0 Å². The monoisotopic (exact) mass is 266 g/mol. The molecule has 1 rings (SSSR count). The minimum absolute atomic E-state index is 0.299. The smallest absolute Gasteiger partial charge is 0.124 e. The molecule has 0 aromatic carbocycles. The zero-order valence-electron chi connectivity index (χ0n) is 12.4. The van der Waals surface area contributed by atoms with Gasteiger partial charge in [0.25, 0.3) is 0 Å². The first-order chi connectivity index (χ1) is 9.08. The van der Waals surface area contributed by atoms with Crippen molar-refractivity contribution in [3.8, 4) is 0 Å². The summed E-state index contributed by atoms with van der Waals surface area (Å²) in [5.41, 5.74) is 2.23. The van der Waals surface area contributed by atoms with Crippen LogP contribution < -0.4 is 5.32 Å². The number of ether oxygens (including phenoxy) is 1. The molecular formula is C15H26N2O2. The number of aliphatic hydroxyl groups excluding tert-OH is 1. The van der Waals surface area contributed by atoms with E-state index in [0.717, 1.165) is 23.4 Å². The van der Waals surface area contributed by atoms with Crippen molar-refractivity contribution in [2.45, 2.75) is 46.3 Å². The summed E-state index contributed by atoms with van der Waals surface area (Å²) < 4.78 is 5.72. The summed E-state index contributed by atoms with van der Waals surface area (Å²) in [7, 11) is 0. The molecule has 3 N–H and O–H groups in total. The number of aromatic amines is 1. The fourth-order valence-electron chi connectivity index (χ4n) is 1.86. The van der Waals surface area contributed by atoms with E-state index in [4.69, 9.17) is 4.74 Å². The molecule has 0 bridgehead atoms. The molecule has 0 saturated heterocycles. The molecule has 0 radical (unpaired) electrons. The van der Waals surface area contributed by atoms with Gasteiger partial charge in [0.1, 0.15) is 18.5 Å². The number of rotatable bonds is 8. The molecule has 0 aliphatic carbocycles. The standard InChI is InChI=1S/C15H26N2O2/c1-5-14-13(7-8-16-14)15(6-2)19-10-12(18)9-17-11(3)4/h6-8,11-12,16-18H,5,9-10H2,1-4H3/b15-6+. The Balaban J connectivity index is 2.50. The van der Waals surface area contributed by atoms with E-state index in [1.807, 2.05) is 25.3 Å². The summed E-state index contributed by atoms with van der Waals surface area (Å²) in [5, 5.41) is 13.0. The molecule has 0 aliphatic heterocycles. The topological polar surface area (TPSA) is 57.3 Å². The van der Waals surface area contributed by atoms with E-state index in [9.17, 15) is 5.11 Å². The minimum Gasteiger partial charge on any atom is -0.490 e.